The molecular formula is C37H33ClF3N3O2. The number of likely N-dealkylation sites (tertiary alicyclic amines) is 1. The van der Waals surface area contributed by atoms with Gasteiger partial charge in [-0.2, -0.15) is 18.3 Å². The third-order valence-corrected chi connectivity index (χ3v) is 9.57. The highest BCUT2D eigenvalue weighted by molar-refractivity contribution is 6.30. The Labute approximate surface area is 270 Å². The number of fused-ring (bicyclic) bond motifs is 1. The van der Waals surface area contributed by atoms with E-state index in [2.05, 4.69) is 27.8 Å². The summed E-state index contributed by atoms with van der Waals surface area (Å²) in [7, 11) is 0. The van der Waals surface area contributed by atoms with E-state index in [1.165, 1.54) is 0 Å². The number of aromatic nitrogens is 2. The molecule has 236 valence electrons. The van der Waals surface area contributed by atoms with Gasteiger partial charge < -0.3 is 5.11 Å². The smallest absolute Gasteiger partial charge is 0.416 e. The van der Waals surface area contributed by atoms with Crippen molar-refractivity contribution in [3.8, 4) is 0 Å². The molecule has 1 N–H and O–H groups in total. The molecule has 1 aromatic heterocycles. The second-order valence-electron chi connectivity index (χ2n) is 12.5. The molecule has 0 spiro atoms. The van der Waals surface area contributed by atoms with Gasteiger partial charge in [-0.1, -0.05) is 54.1 Å². The summed E-state index contributed by atoms with van der Waals surface area (Å²) in [4.78, 5) is 13.8. The van der Waals surface area contributed by atoms with Crippen LogP contribution in [0.15, 0.2) is 91.0 Å². The summed E-state index contributed by atoms with van der Waals surface area (Å²) >= 11 is 6.21. The van der Waals surface area contributed by atoms with E-state index in [0.29, 0.717) is 23.2 Å². The Hall–Kier alpha value is -4.14. The average molecular weight is 644 g/mol. The van der Waals surface area contributed by atoms with E-state index < -0.39 is 17.7 Å². The van der Waals surface area contributed by atoms with Crippen LogP contribution < -0.4 is 0 Å². The Kier molecular flexibility index (Phi) is 8.11. The highest BCUT2D eigenvalue weighted by Gasteiger charge is 2.33. The first-order valence-corrected chi connectivity index (χ1v) is 16.0. The van der Waals surface area contributed by atoms with Crippen molar-refractivity contribution in [2.45, 2.75) is 56.3 Å². The maximum absolute atomic E-state index is 13.4. The third kappa shape index (κ3) is 6.29. The number of aromatic carboxylic acids is 1. The lowest BCUT2D eigenvalue weighted by Gasteiger charge is -2.31. The maximum atomic E-state index is 13.4. The minimum Gasteiger partial charge on any atom is -0.478 e. The molecule has 1 aliphatic heterocycles. The summed E-state index contributed by atoms with van der Waals surface area (Å²) in [5, 5.41) is 16.3. The highest BCUT2D eigenvalue weighted by atomic mass is 35.5. The standard InChI is InChI=1S/C37H33ClF3N3O2/c38-30-11-6-25(7-12-30)34(24-4-9-29(10-5-24)37(39,40)41)27-8-15-33-32(21-27)35(42-44(33)31-13-14-31)26-16-18-43(19-17-26)22-23-2-1-3-28(20-23)36(45)46/h1-12,15,20-21,26,31,34H,13-14,16-19,22H2,(H,45,46). The van der Waals surface area contributed by atoms with E-state index >= 15 is 0 Å². The number of benzene rings is 4. The van der Waals surface area contributed by atoms with Crippen molar-refractivity contribution in [2.24, 2.45) is 0 Å². The van der Waals surface area contributed by atoms with Crippen LogP contribution in [0, 0.1) is 0 Å². The Morgan fingerprint density at radius 1 is 0.870 bits per heavy atom. The predicted octanol–water partition coefficient (Wildman–Crippen LogP) is 9.30. The molecule has 2 aliphatic rings. The number of hydrogen-bond donors (Lipinski definition) is 1. The lowest BCUT2D eigenvalue weighted by atomic mass is 9.83. The van der Waals surface area contributed by atoms with Gasteiger partial charge in [0.25, 0.3) is 0 Å². The van der Waals surface area contributed by atoms with Crippen LogP contribution in [0.5, 0.6) is 0 Å². The number of carbonyl (C=O) groups is 1. The molecular weight excluding hydrogens is 611 g/mol. The van der Waals surface area contributed by atoms with Crippen molar-refractivity contribution in [2.75, 3.05) is 13.1 Å². The fourth-order valence-corrected chi connectivity index (χ4v) is 6.91. The molecule has 1 aliphatic carbocycles. The van der Waals surface area contributed by atoms with Gasteiger partial charge in [-0.3, -0.25) is 9.58 Å². The number of carboxylic acid groups (broad SMARTS) is 1. The quantitative estimate of drug-likeness (QED) is 0.171. The minimum absolute atomic E-state index is 0.263. The zero-order valence-corrected chi connectivity index (χ0v) is 25.8. The van der Waals surface area contributed by atoms with Gasteiger partial charge in [-0.05, 0) is 110 Å². The molecule has 5 nitrogen and oxygen atoms in total. The van der Waals surface area contributed by atoms with E-state index in [1.54, 1.807) is 30.3 Å². The average Bonchev–Trinajstić information content (AvgIpc) is 3.83. The summed E-state index contributed by atoms with van der Waals surface area (Å²) < 4.78 is 42.4. The van der Waals surface area contributed by atoms with E-state index in [0.717, 1.165) is 89.8 Å². The molecule has 2 fully saturated rings. The van der Waals surface area contributed by atoms with Gasteiger partial charge in [0.05, 0.1) is 28.4 Å². The van der Waals surface area contributed by atoms with Gasteiger partial charge in [-0.25, -0.2) is 4.79 Å². The van der Waals surface area contributed by atoms with Gasteiger partial charge in [0.1, 0.15) is 0 Å². The first kappa shape index (κ1) is 30.5. The van der Waals surface area contributed by atoms with Gasteiger partial charge in [0.15, 0.2) is 0 Å². The molecule has 1 saturated heterocycles. The summed E-state index contributed by atoms with van der Waals surface area (Å²) in [6.45, 7) is 2.45. The van der Waals surface area contributed by atoms with Crippen molar-refractivity contribution in [3.05, 3.63) is 135 Å². The molecule has 5 aromatic rings. The van der Waals surface area contributed by atoms with Crippen molar-refractivity contribution in [1.29, 1.82) is 0 Å². The third-order valence-electron chi connectivity index (χ3n) is 9.31. The van der Waals surface area contributed by atoms with Gasteiger partial charge >= 0.3 is 12.1 Å². The first-order valence-electron chi connectivity index (χ1n) is 15.6. The summed E-state index contributed by atoms with van der Waals surface area (Å²) in [5.74, 6) is -0.946. The number of rotatable bonds is 8. The molecule has 7 rings (SSSR count). The van der Waals surface area contributed by atoms with Crippen molar-refractivity contribution in [3.63, 3.8) is 0 Å². The number of alkyl halides is 3. The van der Waals surface area contributed by atoms with Gasteiger partial charge in [0, 0.05) is 28.8 Å². The Bertz CT molecular complexity index is 1870. The predicted molar refractivity (Wildman–Crippen MR) is 172 cm³/mol. The van der Waals surface area contributed by atoms with Crippen LogP contribution in [0.4, 0.5) is 13.2 Å². The molecule has 1 saturated carbocycles. The van der Waals surface area contributed by atoms with Gasteiger partial charge in [0.2, 0.25) is 0 Å². The molecule has 1 unspecified atom stereocenters. The Morgan fingerprint density at radius 3 is 2.15 bits per heavy atom. The second-order valence-corrected chi connectivity index (χ2v) is 12.9. The second kappa shape index (κ2) is 12.2. The lowest BCUT2D eigenvalue weighted by molar-refractivity contribution is -0.137. The number of carboxylic acids is 1. The topological polar surface area (TPSA) is 58.4 Å². The molecule has 2 heterocycles. The molecule has 9 heteroatoms. The van der Waals surface area contributed by atoms with Crippen molar-refractivity contribution >= 4 is 28.5 Å². The van der Waals surface area contributed by atoms with Crippen LogP contribution in [0.3, 0.4) is 0 Å². The summed E-state index contributed by atoms with van der Waals surface area (Å²) in [6.07, 6.45) is -0.342. The Balaban J connectivity index is 1.21. The van der Waals surface area contributed by atoms with E-state index in [9.17, 15) is 23.1 Å². The van der Waals surface area contributed by atoms with Crippen LogP contribution in [0.1, 0.15) is 87.4 Å². The SMILES string of the molecule is O=C(O)c1cccc(CN2CCC(c3nn(C4CC4)c4ccc(C(c5ccc(Cl)cc5)c5ccc(C(F)(F)F)cc5)cc34)CC2)c1. The first-order chi connectivity index (χ1) is 22.1. The summed E-state index contributed by atoms with van der Waals surface area (Å²) in [5.41, 5.74) is 5.50. The highest BCUT2D eigenvalue weighted by Crippen LogP contribution is 2.43. The molecule has 0 amide bonds. The number of nitrogens with zero attached hydrogens (tertiary/aromatic N) is 3. The van der Waals surface area contributed by atoms with E-state index in [-0.39, 0.29) is 11.8 Å². The van der Waals surface area contributed by atoms with E-state index in [4.69, 9.17) is 16.7 Å². The fraction of sp³-hybridized carbons (Fsp3) is 0.297. The zero-order chi connectivity index (χ0) is 32.0. The normalized spacial score (nSPS) is 17.0. The van der Waals surface area contributed by atoms with E-state index in [1.807, 2.05) is 30.3 Å². The number of hydrogen-bond acceptors (Lipinski definition) is 3. The molecule has 4 aromatic carbocycles. The van der Waals surface area contributed by atoms with Gasteiger partial charge in [-0.15, -0.1) is 0 Å². The fourth-order valence-electron chi connectivity index (χ4n) is 6.78. The monoisotopic (exact) mass is 643 g/mol. The number of halogens is 4. The van der Waals surface area contributed by atoms with Crippen LogP contribution in [-0.4, -0.2) is 38.8 Å². The van der Waals surface area contributed by atoms with Crippen LogP contribution >= 0.6 is 11.6 Å². The molecule has 0 radical (unpaired) electrons. The number of piperidine rings is 1. The zero-order valence-electron chi connectivity index (χ0n) is 25.1. The molecule has 1 atom stereocenters. The van der Waals surface area contributed by atoms with Crippen LogP contribution in [0.25, 0.3) is 10.9 Å². The lowest BCUT2D eigenvalue weighted by Crippen LogP contribution is -2.32. The van der Waals surface area contributed by atoms with Crippen molar-refractivity contribution < 1.29 is 23.1 Å². The molecule has 0 bridgehead atoms. The van der Waals surface area contributed by atoms with Crippen LogP contribution in [-0.2, 0) is 12.7 Å². The largest absolute Gasteiger partial charge is 0.478 e. The maximum Gasteiger partial charge on any atom is 0.416 e. The summed E-state index contributed by atoms with van der Waals surface area (Å²) in [6, 6.07) is 26.9. The van der Waals surface area contributed by atoms with Crippen molar-refractivity contribution in [1.82, 2.24) is 14.7 Å². The Morgan fingerprint density at radius 2 is 1.52 bits per heavy atom. The minimum atomic E-state index is -4.41. The molecule has 46 heavy (non-hydrogen) atoms. The van der Waals surface area contributed by atoms with Crippen LogP contribution in [0.2, 0.25) is 5.02 Å².